The molecule has 2 saturated heterocycles. The molecule has 1 saturated carbocycles. The fraction of sp³-hybridized carbons (Fsp3) is 0.875. The predicted molar refractivity (Wildman–Crippen MR) is 41.4 cm³/mol. The Hall–Kier alpha value is -0.610. The maximum Gasteiger partial charge on any atom is 0.336 e. The van der Waals surface area contributed by atoms with Crippen LogP contribution in [0.25, 0.3) is 0 Å². The van der Waals surface area contributed by atoms with E-state index in [1.807, 2.05) is 6.92 Å². The van der Waals surface area contributed by atoms with Crippen molar-refractivity contribution < 1.29 is 14.3 Å². The molecule has 0 aromatic carbocycles. The second-order valence-electron chi connectivity index (χ2n) is 4.06. The summed E-state index contributed by atoms with van der Waals surface area (Å²) in [5.74, 6) is -0.348. The third-order valence-corrected chi connectivity index (χ3v) is 2.75. The van der Waals surface area contributed by atoms with Crippen molar-refractivity contribution in [2.24, 2.45) is 5.73 Å². The van der Waals surface area contributed by atoms with Gasteiger partial charge in [-0.1, -0.05) is 0 Å². The lowest BCUT2D eigenvalue weighted by Gasteiger charge is -2.39. The molecule has 1 aliphatic carbocycles. The molecule has 2 heterocycles. The Bertz CT molecular complexity index is 232. The Morgan fingerprint density at radius 3 is 2.58 bits per heavy atom. The van der Waals surface area contributed by atoms with Crippen molar-refractivity contribution >= 4 is 5.97 Å². The highest BCUT2D eigenvalue weighted by Crippen LogP contribution is 2.53. The third kappa shape index (κ3) is 0.820. The van der Waals surface area contributed by atoms with Crippen LogP contribution in [0.3, 0.4) is 0 Å². The van der Waals surface area contributed by atoms with Crippen molar-refractivity contribution in [1.29, 1.82) is 0 Å². The van der Waals surface area contributed by atoms with Crippen LogP contribution in [0.1, 0.15) is 19.8 Å². The SMILES string of the molecule is COC(=O)C1OC2(C)CC1(N)C2. The van der Waals surface area contributed by atoms with Crippen LogP contribution in [-0.2, 0) is 14.3 Å². The van der Waals surface area contributed by atoms with Gasteiger partial charge in [0.05, 0.1) is 18.2 Å². The Kier molecular flexibility index (Phi) is 1.34. The van der Waals surface area contributed by atoms with E-state index < -0.39 is 11.6 Å². The maximum absolute atomic E-state index is 11.2. The minimum Gasteiger partial charge on any atom is -0.467 e. The molecule has 1 atom stereocenters. The van der Waals surface area contributed by atoms with E-state index in [2.05, 4.69) is 4.74 Å². The van der Waals surface area contributed by atoms with E-state index in [0.29, 0.717) is 0 Å². The van der Waals surface area contributed by atoms with E-state index in [4.69, 9.17) is 10.5 Å². The van der Waals surface area contributed by atoms with Gasteiger partial charge in [-0.15, -0.1) is 0 Å². The number of esters is 1. The second-order valence-corrected chi connectivity index (χ2v) is 4.06. The fourth-order valence-corrected chi connectivity index (χ4v) is 2.40. The van der Waals surface area contributed by atoms with Gasteiger partial charge in [0, 0.05) is 0 Å². The zero-order valence-electron chi connectivity index (χ0n) is 7.29. The molecule has 0 amide bonds. The summed E-state index contributed by atoms with van der Waals surface area (Å²) >= 11 is 0. The van der Waals surface area contributed by atoms with Gasteiger partial charge in [0.1, 0.15) is 0 Å². The van der Waals surface area contributed by atoms with Gasteiger partial charge in [-0.2, -0.15) is 0 Å². The molecular formula is C8H13NO3. The van der Waals surface area contributed by atoms with Crippen molar-refractivity contribution in [2.75, 3.05) is 7.11 Å². The number of fused-ring (bicyclic) bond motifs is 1. The van der Waals surface area contributed by atoms with Crippen molar-refractivity contribution in [2.45, 2.75) is 37.0 Å². The van der Waals surface area contributed by atoms with Crippen LogP contribution in [0.5, 0.6) is 0 Å². The van der Waals surface area contributed by atoms with E-state index in [9.17, 15) is 4.79 Å². The van der Waals surface area contributed by atoms with Crippen LogP contribution in [0.2, 0.25) is 0 Å². The van der Waals surface area contributed by atoms with E-state index in [0.717, 1.165) is 12.8 Å². The second kappa shape index (κ2) is 2.00. The molecule has 4 heteroatoms. The summed E-state index contributed by atoms with van der Waals surface area (Å²) in [5.41, 5.74) is 5.29. The summed E-state index contributed by atoms with van der Waals surface area (Å²) in [4.78, 5) is 11.2. The first-order valence-electron chi connectivity index (χ1n) is 4.04. The predicted octanol–water partition coefficient (Wildman–Crippen LogP) is -0.192. The first-order valence-corrected chi connectivity index (χ1v) is 4.04. The molecule has 68 valence electrons. The molecule has 3 aliphatic rings. The molecule has 0 radical (unpaired) electrons. The Morgan fingerprint density at radius 1 is 1.67 bits per heavy atom. The Balaban J connectivity index is 2.16. The van der Waals surface area contributed by atoms with Crippen LogP contribution in [0, 0.1) is 0 Å². The third-order valence-electron chi connectivity index (χ3n) is 2.75. The molecule has 3 fully saturated rings. The first-order chi connectivity index (χ1) is 5.49. The van der Waals surface area contributed by atoms with E-state index >= 15 is 0 Å². The average Bonchev–Trinajstić information content (AvgIpc) is 2.33. The van der Waals surface area contributed by atoms with Crippen molar-refractivity contribution in [3.63, 3.8) is 0 Å². The molecule has 1 unspecified atom stereocenters. The molecule has 0 aromatic rings. The van der Waals surface area contributed by atoms with Gasteiger partial charge in [0.25, 0.3) is 0 Å². The Morgan fingerprint density at radius 2 is 2.25 bits per heavy atom. The van der Waals surface area contributed by atoms with E-state index in [1.54, 1.807) is 0 Å². The van der Waals surface area contributed by atoms with Crippen LogP contribution >= 0.6 is 0 Å². The minimum atomic E-state index is -0.549. The molecule has 4 nitrogen and oxygen atoms in total. The quantitative estimate of drug-likeness (QED) is 0.555. The van der Waals surface area contributed by atoms with Gasteiger partial charge in [-0.3, -0.25) is 0 Å². The van der Waals surface area contributed by atoms with Crippen LogP contribution in [0.15, 0.2) is 0 Å². The van der Waals surface area contributed by atoms with Crippen LogP contribution < -0.4 is 5.73 Å². The summed E-state index contributed by atoms with van der Waals surface area (Å²) < 4.78 is 10.1. The topological polar surface area (TPSA) is 61.5 Å². The first kappa shape index (κ1) is 8.01. The number of hydrogen-bond donors (Lipinski definition) is 1. The molecular weight excluding hydrogens is 158 g/mol. The molecule has 12 heavy (non-hydrogen) atoms. The molecule has 2 bridgehead atoms. The zero-order valence-corrected chi connectivity index (χ0v) is 7.29. The highest BCUT2D eigenvalue weighted by atomic mass is 16.6. The van der Waals surface area contributed by atoms with E-state index in [1.165, 1.54) is 7.11 Å². The number of hydrogen-bond acceptors (Lipinski definition) is 4. The Labute approximate surface area is 71.0 Å². The lowest BCUT2D eigenvalue weighted by Crippen LogP contribution is -2.58. The van der Waals surface area contributed by atoms with Gasteiger partial charge in [0.15, 0.2) is 6.10 Å². The van der Waals surface area contributed by atoms with E-state index in [-0.39, 0.29) is 11.6 Å². The largest absolute Gasteiger partial charge is 0.467 e. The number of carbonyl (C=O) groups is 1. The van der Waals surface area contributed by atoms with Crippen molar-refractivity contribution in [3.8, 4) is 0 Å². The van der Waals surface area contributed by atoms with Crippen molar-refractivity contribution in [1.82, 2.24) is 0 Å². The molecule has 0 aromatic heterocycles. The average molecular weight is 171 g/mol. The summed E-state index contributed by atoms with van der Waals surface area (Å²) in [6.45, 7) is 1.97. The standard InChI is InChI=1S/C8H13NO3/c1-7-3-8(9,4-7)5(12-7)6(10)11-2/h5H,3-4,9H2,1-2H3. The molecule has 2 aliphatic heterocycles. The highest BCUT2D eigenvalue weighted by Gasteiger charge is 2.66. The normalized spacial score (nSPS) is 50.1. The smallest absolute Gasteiger partial charge is 0.336 e. The van der Waals surface area contributed by atoms with Gasteiger partial charge < -0.3 is 15.2 Å². The number of ether oxygens (including phenoxy) is 2. The van der Waals surface area contributed by atoms with Crippen LogP contribution in [-0.4, -0.2) is 30.3 Å². The summed E-state index contributed by atoms with van der Waals surface area (Å²) in [5, 5.41) is 0. The van der Waals surface area contributed by atoms with Gasteiger partial charge >= 0.3 is 5.97 Å². The molecule has 2 N–H and O–H groups in total. The number of carbonyl (C=O) groups excluding carboxylic acids is 1. The van der Waals surface area contributed by atoms with Crippen LogP contribution in [0.4, 0.5) is 0 Å². The number of rotatable bonds is 1. The molecule has 0 spiro atoms. The van der Waals surface area contributed by atoms with Gasteiger partial charge in [0.2, 0.25) is 0 Å². The van der Waals surface area contributed by atoms with Gasteiger partial charge in [-0.05, 0) is 19.8 Å². The van der Waals surface area contributed by atoms with Crippen molar-refractivity contribution in [3.05, 3.63) is 0 Å². The fourth-order valence-electron chi connectivity index (χ4n) is 2.40. The lowest BCUT2D eigenvalue weighted by molar-refractivity contribution is -0.153. The summed E-state index contributed by atoms with van der Waals surface area (Å²) in [7, 11) is 1.35. The minimum absolute atomic E-state index is 0.173. The summed E-state index contributed by atoms with van der Waals surface area (Å²) in [6, 6.07) is 0. The monoisotopic (exact) mass is 171 g/mol. The highest BCUT2D eigenvalue weighted by molar-refractivity contribution is 5.78. The lowest BCUT2D eigenvalue weighted by atomic mass is 9.68. The number of nitrogens with two attached hydrogens (primary N) is 1. The van der Waals surface area contributed by atoms with Gasteiger partial charge in [-0.25, -0.2) is 4.79 Å². The number of methoxy groups -OCH3 is 1. The maximum atomic E-state index is 11.2. The summed E-state index contributed by atoms with van der Waals surface area (Å²) in [6.07, 6.45) is 0.979. The zero-order chi connectivity index (χ0) is 8.98. The molecule has 3 rings (SSSR count).